The van der Waals surface area contributed by atoms with E-state index in [9.17, 15) is 18.0 Å². The van der Waals surface area contributed by atoms with Crippen LogP contribution in [-0.4, -0.2) is 52.9 Å². The fraction of sp³-hybridized carbons (Fsp3) is 0.538. The highest BCUT2D eigenvalue weighted by Crippen LogP contribution is 2.22. The predicted octanol–water partition coefficient (Wildman–Crippen LogP) is 2.19. The van der Waals surface area contributed by atoms with Gasteiger partial charge in [0.1, 0.15) is 6.10 Å². The SMILES string of the molecule is O=C(O)c1ccnc(OC2CCN(CC(F)(F)F)CC2)c1. The molecule has 0 aliphatic carbocycles. The number of rotatable bonds is 4. The van der Waals surface area contributed by atoms with Crippen molar-refractivity contribution < 1.29 is 27.8 Å². The summed E-state index contributed by atoms with van der Waals surface area (Å²) in [5.41, 5.74) is 0.0644. The van der Waals surface area contributed by atoms with Gasteiger partial charge in [0.2, 0.25) is 5.88 Å². The summed E-state index contributed by atoms with van der Waals surface area (Å²) in [5, 5.41) is 8.86. The Hall–Kier alpha value is -1.83. The number of carboxylic acid groups (broad SMARTS) is 1. The number of hydrogen-bond acceptors (Lipinski definition) is 4. The number of ether oxygens (including phenoxy) is 1. The highest BCUT2D eigenvalue weighted by Gasteiger charge is 2.32. The van der Waals surface area contributed by atoms with Gasteiger partial charge in [0.25, 0.3) is 0 Å². The number of alkyl halides is 3. The van der Waals surface area contributed by atoms with Gasteiger partial charge in [0, 0.05) is 25.4 Å². The molecule has 0 spiro atoms. The van der Waals surface area contributed by atoms with Crippen LogP contribution in [0, 0.1) is 0 Å². The molecule has 2 heterocycles. The molecule has 0 saturated carbocycles. The van der Waals surface area contributed by atoms with Crippen molar-refractivity contribution in [3.63, 3.8) is 0 Å². The summed E-state index contributed by atoms with van der Waals surface area (Å²) in [5.74, 6) is -0.897. The van der Waals surface area contributed by atoms with Crippen LogP contribution in [0.2, 0.25) is 0 Å². The Morgan fingerprint density at radius 1 is 1.43 bits per heavy atom. The van der Waals surface area contributed by atoms with Gasteiger partial charge in [-0.2, -0.15) is 13.2 Å². The van der Waals surface area contributed by atoms with E-state index in [4.69, 9.17) is 9.84 Å². The number of carboxylic acids is 1. The minimum absolute atomic E-state index is 0.0644. The highest BCUT2D eigenvalue weighted by atomic mass is 19.4. The smallest absolute Gasteiger partial charge is 0.401 e. The summed E-state index contributed by atoms with van der Waals surface area (Å²) >= 11 is 0. The van der Waals surface area contributed by atoms with E-state index < -0.39 is 18.7 Å². The second-order valence-electron chi connectivity index (χ2n) is 4.90. The van der Waals surface area contributed by atoms with Crippen LogP contribution in [0.5, 0.6) is 5.88 Å². The quantitative estimate of drug-likeness (QED) is 0.924. The number of halogens is 3. The van der Waals surface area contributed by atoms with Crippen molar-refractivity contribution in [3.05, 3.63) is 23.9 Å². The summed E-state index contributed by atoms with van der Waals surface area (Å²) < 4.78 is 42.3. The van der Waals surface area contributed by atoms with E-state index in [2.05, 4.69) is 4.98 Å². The molecule has 2 rings (SSSR count). The summed E-state index contributed by atoms with van der Waals surface area (Å²) in [6.07, 6.45) is -2.20. The van der Waals surface area contributed by atoms with Gasteiger partial charge in [-0.15, -0.1) is 0 Å². The molecule has 1 aliphatic heterocycles. The van der Waals surface area contributed by atoms with Crippen LogP contribution in [0.15, 0.2) is 18.3 Å². The molecule has 1 N–H and O–H groups in total. The van der Waals surface area contributed by atoms with E-state index >= 15 is 0 Å². The van der Waals surface area contributed by atoms with E-state index in [-0.39, 0.29) is 17.5 Å². The van der Waals surface area contributed by atoms with Crippen molar-refractivity contribution in [1.29, 1.82) is 0 Å². The number of hydrogen-bond donors (Lipinski definition) is 1. The normalized spacial score (nSPS) is 17.7. The van der Waals surface area contributed by atoms with Gasteiger partial charge in [0.05, 0.1) is 12.1 Å². The molecule has 0 bridgehead atoms. The second kappa shape index (κ2) is 6.30. The first kappa shape index (κ1) is 15.6. The van der Waals surface area contributed by atoms with Crippen molar-refractivity contribution in [3.8, 4) is 5.88 Å². The molecular formula is C13H15F3N2O3. The Bertz CT molecular complexity index is 500. The third-order valence-corrected chi connectivity index (χ3v) is 3.21. The van der Waals surface area contributed by atoms with Gasteiger partial charge in [-0.1, -0.05) is 0 Å². The van der Waals surface area contributed by atoms with Crippen molar-refractivity contribution in [2.45, 2.75) is 25.1 Å². The maximum absolute atomic E-state index is 12.3. The average molecular weight is 304 g/mol. The molecule has 0 aromatic carbocycles. The molecule has 8 heteroatoms. The molecule has 1 aromatic heterocycles. The number of carbonyl (C=O) groups is 1. The van der Waals surface area contributed by atoms with E-state index in [1.807, 2.05) is 0 Å². The third-order valence-electron chi connectivity index (χ3n) is 3.21. The van der Waals surface area contributed by atoms with Gasteiger partial charge in [-0.3, -0.25) is 4.90 Å². The number of likely N-dealkylation sites (tertiary alicyclic amines) is 1. The molecule has 21 heavy (non-hydrogen) atoms. The molecule has 1 aliphatic rings. The topological polar surface area (TPSA) is 62.7 Å². The zero-order valence-electron chi connectivity index (χ0n) is 11.1. The fourth-order valence-corrected chi connectivity index (χ4v) is 2.22. The van der Waals surface area contributed by atoms with Crippen molar-refractivity contribution >= 4 is 5.97 Å². The maximum Gasteiger partial charge on any atom is 0.401 e. The van der Waals surface area contributed by atoms with Crippen LogP contribution in [0.4, 0.5) is 13.2 Å². The zero-order valence-corrected chi connectivity index (χ0v) is 11.1. The molecule has 0 atom stereocenters. The zero-order chi connectivity index (χ0) is 15.5. The molecule has 1 saturated heterocycles. The number of aromatic carboxylic acids is 1. The Morgan fingerprint density at radius 3 is 2.67 bits per heavy atom. The fourth-order valence-electron chi connectivity index (χ4n) is 2.22. The number of aromatic nitrogens is 1. The molecule has 0 amide bonds. The molecule has 1 fully saturated rings. The van der Waals surface area contributed by atoms with Crippen LogP contribution in [0.3, 0.4) is 0 Å². The largest absolute Gasteiger partial charge is 0.478 e. The van der Waals surface area contributed by atoms with E-state index in [1.165, 1.54) is 23.2 Å². The lowest BCUT2D eigenvalue weighted by atomic mass is 10.1. The molecule has 116 valence electrons. The van der Waals surface area contributed by atoms with E-state index in [0.717, 1.165) is 0 Å². The minimum atomic E-state index is -4.19. The first-order valence-corrected chi connectivity index (χ1v) is 6.48. The summed E-state index contributed by atoms with van der Waals surface area (Å²) in [7, 11) is 0. The molecule has 1 aromatic rings. The average Bonchev–Trinajstić information content (AvgIpc) is 2.40. The lowest BCUT2D eigenvalue weighted by Crippen LogP contribution is -2.42. The minimum Gasteiger partial charge on any atom is -0.478 e. The Labute approximate surface area is 119 Å². The monoisotopic (exact) mass is 304 g/mol. The van der Waals surface area contributed by atoms with Gasteiger partial charge < -0.3 is 9.84 Å². The lowest BCUT2D eigenvalue weighted by Gasteiger charge is -2.32. The van der Waals surface area contributed by atoms with Gasteiger partial charge in [-0.25, -0.2) is 9.78 Å². The van der Waals surface area contributed by atoms with Crippen LogP contribution < -0.4 is 4.74 Å². The molecule has 5 nitrogen and oxygen atoms in total. The van der Waals surface area contributed by atoms with Gasteiger partial charge in [0.15, 0.2) is 0 Å². The molecular weight excluding hydrogens is 289 g/mol. The Balaban J connectivity index is 1.86. The van der Waals surface area contributed by atoms with Crippen molar-refractivity contribution in [1.82, 2.24) is 9.88 Å². The van der Waals surface area contributed by atoms with Crippen molar-refractivity contribution in [2.75, 3.05) is 19.6 Å². The summed E-state index contributed by atoms with van der Waals surface area (Å²) in [4.78, 5) is 16.1. The number of pyridine rings is 1. The molecule has 0 unspecified atom stereocenters. The van der Waals surface area contributed by atoms with E-state index in [0.29, 0.717) is 25.9 Å². The first-order chi connectivity index (χ1) is 9.83. The van der Waals surface area contributed by atoms with Gasteiger partial charge in [-0.05, 0) is 18.9 Å². The maximum atomic E-state index is 12.3. The van der Waals surface area contributed by atoms with Crippen LogP contribution in [-0.2, 0) is 0 Å². The van der Waals surface area contributed by atoms with Crippen molar-refractivity contribution in [2.24, 2.45) is 0 Å². The van der Waals surface area contributed by atoms with E-state index in [1.54, 1.807) is 0 Å². The summed E-state index contributed by atoms with van der Waals surface area (Å²) in [6, 6.07) is 2.66. The predicted molar refractivity (Wildman–Crippen MR) is 67.3 cm³/mol. The summed E-state index contributed by atoms with van der Waals surface area (Å²) in [6.45, 7) is -0.321. The lowest BCUT2D eigenvalue weighted by molar-refractivity contribution is -0.149. The first-order valence-electron chi connectivity index (χ1n) is 6.48. The van der Waals surface area contributed by atoms with Crippen LogP contribution in [0.1, 0.15) is 23.2 Å². The standard InChI is InChI=1S/C13H15F3N2O3/c14-13(15,16)8-18-5-2-10(3-6-18)21-11-7-9(12(19)20)1-4-17-11/h1,4,7,10H,2-3,5-6,8H2,(H,19,20). The van der Waals surface area contributed by atoms with Crippen LogP contribution >= 0.6 is 0 Å². The second-order valence-corrected chi connectivity index (χ2v) is 4.90. The Kier molecular flexibility index (Phi) is 4.66. The number of nitrogens with zero attached hydrogens (tertiary/aromatic N) is 2. The Morgan fingerprint density at radius 2 is 2.10 bits per heavy atom. The third kappa shape index (κ3) is 4.89. The van der Waals surface area contributed by atoms with Gasteiger partial charge >= 0.3 is 12.1 Å². The number of piperidine rings is 1. The highest BCUT2D eigenvalue weighted by molar-refractivity contribution is 5.87. The van der Waals surface area contributed by atoms with Crippen LogP contribution in [0.25, 0.3) is 0 Å². The molecule has 0 radical (unpaired) electrons.